The first-order chi connectivity index (χ1) is 8.59. The van der Waals surface area contributed by atoms with Crippen molar-refractivity contribution in [1.82, 2.24) is 9.97 Å². The van der Waals surface area contributed by atoms with E-state index in [4.69, 9.17) is 0 Å². The van der Waals surface area contributed by atoms with Crippen molar-refractivity contribution in [3.05, 3.63) is 12.3 Å². The topological polar surface area (TPSA) is 84.0 Å². The highest BCUT2D eigenvalue weighted by Gasteiger charge is 2.28. The van der Waals surface area contributed by atoms with Crippen molar-refractivity contribution in [2.45, 2.75) is 25.8 Å². The fourth-order valence-electron chi connectivity index (χ4n) is 1.87. The average molecular weight is 270 g/mol. The Kier molecular flexibility index (Phi) is 4.00. The zero-order chi connectivity index (χ0) is 13.0. The fourth-order valence-corrected chi connectivity index (χ4v) is 3.54. The molecule has 0 aliphatic carbocycles. The Morgan fingerprint density at radius 1 is 1.50 bits per heavy atom. The van der Waals surface area contributed by atoms with Gasteiger partial charge in [-0.05, 0) is 18.9 Å². The lowest BCUT2D eigenvalue weighted by Crippen LogP contribution is -2.22. The average Bonchev–Trinajstić information content (AvgIpc) is 2.66. The summed E-state index contributed by atoms with van der Waals surface area (Å²) in [6.07, 6.45) is 3.31. The number of rotatable bonds is 5. The van der Waals surface area contributed by atoms with Crippen LogP contribution in [0.4, 0.5) is 11.8 Å². The smallest absolute Gasteiger partial charge is 0.224 e. The summed E-state index contributed by atoms with van der Waals surface area (Å²) in [5.41, 5.74) is 0. The number of nitrogens with zero attached hydrogens (tertiary/aromatic N) is 2. The largest absolute Gasteiger partial charge is 0.370 e. The van der Waals surface area contributed by atoms with E-state index in [1.54, 1.807) is 12.3 Å². The van der Waals surface area contributed by atoms with Crippen LogP contribution >= 0.6 is 0 Å². The molecular weight excluding hydrogens is 252 g/mol. The predicted molar refractivity (Wildman–Crippen MR) is 71.5 cm³/mol. The second-order valence-electron chi connectivity index (χ2n) is 4.44. The highest BCUT2D eigenvalue weighted by atomic mass is 32.2. The van der Waals surface area contributed by atoms with E-state index in [1.165, 1.54) is 0 Å². The van der Waals surface area contributed by atoms with Crippen molar-refractivity contribution in [2.75, 3.05) is 28.7 Å². The van der Waals surface area contributed by atoms with Crippen LogP contribution in [0, 0.1) is 0 Å². The molecule has 1 aromatic rings. The van der Waals surface area contributed by atoms with Crippen LogP contribution in [0.2, 0.25) is 0 Å². The standard InChI is InChI=1S/C11H18N4O2S/c1-2-5-12-10-3-6-13-11(15-10)14-9-4-7-18(16,17)8-9/h3,6,9H,2,4-5,7-8H2,1H3,(H2,12,13,14,15). The van der Waals surface area contributed by atoms with E-state index < -0.39 is 9.84 Å². The molecule has 6 nitrogen and oxygen atoms in total. The monoisotopic (exact) mass is 270 g/mol. The summed E-state index contributed by atoms with van der Waals surface area (Å²) in [4.78, 5) is 8.40. The first-order valence-corrected chi connectivity index (χ1v) is 7.95. The molecule has 1 aliphatic rings. The molecule has 1 saturated heterocycles. The van der Waals surface area contributed by atoms with Crippen molar-refractivity contribution in [3.63, 3.8) is 0 Å². The van der Waals surface area contributed by atoms with E-state index in [9.17, 15) is 8.42 Å². The molecule has 0 radical (unpaired) electrons. The molecule has 18 heavy (non-hydrogen) atoms. The Morgan fingerprint density at radius 2 is 2.33 bits per heavy atom. The van der Waals surface area contributed by atoms with Crippen LogP contribution in [0.25, 0.3) is 0 Å². The van der Waals surface area contributed by atoms with Gasteiger partial charge in [0.05, 0.1) is 11.5 Å². The number of aromatic nitrogens is 2. The van der Waals surface area contributed by atoms with Crippen LogP contribution in [0.3, 0.4) is 0 Å². The molecular formula is C11H18N4O2S. The van der Waals surface area contributed by atoms with Crippen molar-refractivity contribution >= 4 is 21.6 Å². The minimum atomic E-state index is -2.87. The molecule has 0 bridgehead atoms. The van der Waals surface area contributed by atoms with E-state index >= 15 is 0 Å². The molecule has 0 aromatic carbocycles. The number of sulfone groups is 1. The molecule has 2 N–H and O–H groups in total. The second-order valence-corrected chi connectivity index (χ2v) is 6.67. The molecule has 1 aliphatic heterocycles. The fraction of sp³-hybridized carbons (Fsp3) is 0.636. The van der Waals surface area contributed by atoms with Crippen molar-refractivity contribution in [2.24, 2.45) is 0 Å². The van der Waals surface area contributed by atoms with E-state index in [-0.39, 0.29) is 17.5 Å². The minimum absolute atomic E-state index is 0.0728. The van der Waals surface area contributed by atoms with Crippen LogP contribution < -0.4 is 10.6 Å². The summed E-state index contributed by atoms with van der Waals surface area (Å²) in [6, 6.07) is 1.73. The quantitative estimate of drug-likeness (QED) is 0.827. The third kappa shape index (κ3) is 3.56. The Balaban J connectivity index is 1.97. The van der Waals surface area contributed by atoms with E-state index in [1.807, 2.05) is 0 Å². The Bertz CT molecular complexity index is 504. The summed E-state index contributed by atoms with van der Waals surface area (Å²) in [5.74, 6) is 1.66. The van der Waals surface area contributed by atoms with Gasteiger partial charge in [0.1, 0.15) is 5.82 Å². The van der Waals surface area contributed by atoms with Crippen molar-refractivity contribution in [3.8, 4) is 0 Å². The predicted octanol–water partition coefficient (Wildman–Crippen LogP) is 0.897. The van der Waals surface area contributed by atoms with Crippen LogP contribution in [0.1, 0.15) is 19.8 Å². The molecule has 100 valence electrons. The van der Waals surface area contributed by atoms with Crippen molar-refractivity contribution < 1.29 is 8.42 Å². The van der Waals surface area contributed by atoms with Crippen LogP contribution in [0.15, 0.2) is 12.3 Å². The van der Waals surface area contributed by atoms with Crippen LogP contribution in [-0.2, 0) is 9.84 Å². The number of hydrogen-bond acceptors (Lipinski definition) is 6. The Labute approximate surface area is 107 Å². The van der Waals surface area contributed by atoms with Gasteiger partial charge in [0.15, 0.2) is 9.84 Å². The zero-order valence-corrected chi connectivity index (χ0v) is 11.2. The molecule has 0 spiro atoms. The van der Waals surface area contributed by atoms with Gasteiger partial charge in [0.25, 0.3) is 0 Å². The zero-order valence-electron chi connectivity index (χ0n) is 10.4. The molecule has 0 amide bonds. The Morgan fingerprint density at radius 3 is 3.00 bits per heavy atom. The lowest BCUT2D eigenvalue weighted by atomic mass is 10.3. The first-order valence-electron chi connectivity index (χ1n) is 6.13. The second kappa shape index (κ2) is 5.51. The van der Waals surface area contributed by atoms with Gasteiger partial charge in [-0.1, -0.05) is 6.92 Å². The molecule has 7 heteroatoms. The third-order valence-electron chi connectivity index (χ3n) is 2.78. The summed E-state index contributed by atoms with van der Waals surface area (Å²) in [6.45, 7) is 2.94. The van der Waals surface area contributed by atoms with Gasteiger partial charge in [-0.25, -0.2) is 13.4 Å². The van der Waals surface area contributed by atoms with Gasteiger partial charge in [0, 0.05) is 18.8 Å². The minimum Gasteiger partial charge on any atom is -0.370 e. The van der Waals surface area contributed by atoms with Gasteiger partial charge in [-0.2, -0.15) is 4.98 Å². The maximum atomic E-state index is 11.3. The van der Waals surface area contributed by atoms with E-state index in [2.05, 4.69) is 27.5 Å². The first kappa shape index (κ1) is 13.1. The highest BCUT2D eigenvalue weighted by molar-refractivity contribution is 7.91. The summed E-state index contributed by atoms with van der Waals surface area (Å²) >= 11 is 0. The van der Waals surface area contributed by atoms with Gasteiger partial charge < -0.3 is 10.6 Å². The van der Waals surface area contributed by atoms with Crippen LogP contribution in [-0.4, -0.2) is 42.5 Å². The van der Waals surface area contributed by atoms with E-state index in [0.29, 0.717) is 12.4 Å². The van der Waals surface area contributed by atoms with Crippen molar-refractivity contribution in [1.29, 1.82) is 0 Å². The molecule has 1 atom stereocenters. The van der Waals surface area contributed by atoms with Crippen LogP contribution in [0.5, 0.6) is 0 Å². The molecule has 2 rings (SSSR count). The molecule has 0 saturated carbocycles. The van der Waals surface area contributed by atoms with Gasteiger partial charge in [-0.3, -0.25) is 0 Å². The summed E-state index contributed by atoms with van der Waals surface area (Å²) < 4.78 is 22.7. The SMILES string of the molecule is CCCNc1ccnc(NC2CCS(=O)(=O)C2)n1. The number of nitrogens with one attached hydrogen (secondary N) is 2. The molecule has 1 fully saturated rings. The lowest BCUT2D eigenvalue weighted by Gasteiger charge is -2.11. The Hall–Kier alpha value is -1.37. The number of anilines is 2. The lowest BCUT2D eigenvalue weighted by molar-refractivity contribution is 0.602. The molecule has 1 aromatic heterocycles. The molecule has 2 heterocycles. The maximum absolute atomic E-state index is 11.3. The maximum Gasteiger partial charge on any atom is 0.224 e. The third-order valence-corrected chi connectivity index (χ3v) is 4.55. The van der Waals surface area contributed by atoms with Gasteiger partial charge in [0.2, 0.25) is 5.95 Å². The van der Waals surface area contributed by atoms with Gasteiger partial charge in [-0.15, -0.1) is 0 Å². The summed E-state index contributed by atoms with van der Waals surface area (Å²) in [7, 11) is -2.87. The summed E-state index contributed by atoms with van der Waals surface area (Å²) in [5, 5.41) is 6.24. The van der Waals surface area contributed by atoms with E-state index in [0.717, 1.165) is 18.8 Å². The normalized spacial score (nSPS) is 21.7. The molecule has 1 unspecified atom stereocenters. The highest BCUT2D eigenvalue weighted by Crippen LogP contribution is 2.15. The van der Waals surface area contributed by atoms with Gasteiger partial charge >= 0.3 is 0 Å². The number of hydrogen-bond donors (Lipinski definition) is 2.